The number of amidine groups is 1. The van der Waals surface area contributed by atoms with Crippen molar-refractivity contribution in [2.45, 2.75) is 19.2 Å². The van der Waals surface area contributed by atoms with E-state index < -0.39 is 0 Å². The number of nitrogens with one attached hydrogen (secondary N) is 1. The van der Waals surface area contributed by atoms with Crippen molar-refractivity contribution in [3.63, 3.8) is 0 Å². The smallest absolute Gasteiger partial charge is 0.241 e. The second-order valence-electron chi connectivity index (χ2n) is 6.37. The Morgan fingerprint density at radius 3 is 2.30 bits per heavy atom. The van der Waals surface area contributed by atoms with Crippen LogP contribution in [0.15, 0.2) is 53.6 Å². The summed E-state index contributed by atoms with van der Waals surface area (Å²) in [5.41, 5.74) is 0.838. The first kappa shape index (κ1) is 21.5. The zero-order chi connectivity index (χ0) is 21.5. The van der Waals surface area contributed by atoms with Gasteiger partial charge in [-0.3, -0.25) is 9.59 Å². The van der Waals surface area contributed by atoms with Crippen LogP contribution >= 0.6 is 11.8 Å². The molecule has 2 aromatic carbocycles. The van der Waals surface area contributed by atoms with E-state index in [2.05, 4.69) is 10.4 Å². The van der Waals surface area contributed by atoms with Crippen molar-refractivity contribution in [1.29, 1.82) is 0 Å². The fraction of sp³-hybridized carbons (Fsp3) is 0.286. The van der Waals surface area contributed by atoms with Gasteiger partial charge in [0.2, 0.25) is 11.8 Å². The zero-order valence-electron chi connectivity index (χ0n) is 17.0. The van der Waals surface area contributed by atoms with Crippen LogP contribution < -0.4 is 19.5 Å². The lowest BCUT2D eigenvalue weighted by molar-refractivity contribution is -0.129. The first-order valence-electron chi connectivity index (χ1n) is 9.28. The van der Waals surface area contributed by atoms with Crippen LogP contribution in [0.25, 0.3) is 0 Å². The summed E-state index contributed by atoms with van der Waals surface area (Å²) < 4.78 is 16.6. The van der Waals surface area contributed by atoms with E-state index in [9.17, 15) is 9.59 Å². The maximum atomic E-state index is 12.0. The van der Waals surface area contributed by atoms with Crippen LogP contribution in [0, 0.1) is 0 Å². The molecule has 9 heteroatoms. The van der Waals surface area contributed by atoms with E-state index in [1.165, 1.54) is 30.6 Å². The highest BCUT2D eigenvalue weighted by atomic mass is 32.2. The third kappa shape index (κ3) is 5.66. The van der Waals surface area contributed by atoms with Crippen molar-refractivity contribution in [3.8, 4) is 17.2 Å². The second kappa shape index (κ2) is 10.0. The average Bonchev–Trinajstić information content (AvgIpc) is 3.15. The van der Waals surface area contributed by atoms with Gasteiger partial charge in [0.05, 0.1) is 7.11 Å². The molecule has 1 aliphatic heterocycles. The Bertz CT molecular complexity index is 950. The molecule has 158 valence electrons. The number of hydrazone groups is 1. The van der Waals surface area contributed by atoms with Gasteiger partial charge < -0.3 is 19.5 Å². The summed E-state index contributed by atoms with van der Waals surface area (Å²) in [6.45, 7) is 3.55. The van der Waals surface area contributed by atoms with Crippen molar-refractivity contribution in [2.24, 2.45) is 5.10 Å². The summed E-state index contributed by atoms with van der Waals surface area (Å²) in [5.74, 6) is 1.63. The van der Waals surface area contributed by atoms with E-state index in [-0.39, 0.29) is 17.2 Å². The maximum absolute atomic E-state index is 12.0. The van der Waals surface area contributed by atoms with E-state index in [0.717, 1.165) is 11.3 Å². The second-order valence-corrected chi connectivity index (χ2v) is 7.44. The molecule has 8 nitrogen and oxygen atoms in total. The van der Waals surface area contributed by atoms with E-state index >= 15 is 0 Å². The highest BCUT2D eigenvalue weighted by Crippen LogP contribution is 2.39. The number of carbonyl (C=O) groups is 2. The van der Waals surface area contributed by atoms with E-state index in [1.54, 1.807) is 13.2 Å². The third-order valence-electron chi connectivity index (χ3n) is 4.05. The Kier molecular flexibility index (Phi) is 7.18. The molecule has 3 rings (SSSR count). The lowest BCUT2D eigenvalue weighted by Crippen LogP contribution is -2.25. The molecular weight excluding hydrogens is 406 g/mol. The van der Waals surface area contributed by atoms with E-state index in [1.807, 2.05) is 42.5 Å². The van der Waals surface area contributed by atoms with Crippen LogP contribution in [0.4, 0.5) is 0 Å². The van der Waals surface area contributed by atoms with Crippen LogP contribution in [0.2, 0.25) is 0 Å². The number of benzene rings is 2. The van der Waals surface area contributed by atoms with Gasteiger partial charge in [0, 0.05) is 19.9 Å². The predicted octanol–water partition coefficient (Wildman–Crippen LogP) is 3.15. The molecule has 2 amide bonds. The molecule has 0 spiro atoms. The standard InChI is InChI=1S/C21H23N3O5S/c1-14(25)22-21-23-24(15(2)26)20(30-21)16-6-4-8-18(12-16)28-10-11-29-19-9-5-7-17(13-19)27-3/h4-9,12-13,20H,10-11H2,1-3H3,(H,22,23,25)/t20-/m1/s1. The Hall–Kier alpha value is -3.20. The number of nitrogens with zero attached hydrogens (tertiary/aromatic N) is 2. The molecule has 0 unspecified atom stereocenters. The summed E-state index contributed by atoms with van der Waals surface area (Å²) in [6, 6.07) is 14.8. The summed E-state index contributed by atoms with van der Waals surface area (Å²) >= 11 is 1.30. The molecule has 0 saturated carbocycles. The van der Waals surface area contributed by atoms with Crippen molar-refractivity contribution >= 4 is 28.7 Å². The van der Waals surface area contributed by atoms with Gasteiger partial charge in [0.1, 0.15) is 35.8 Å². The summed E-state index contributed by atoms with van der Waals surface area (Å²) in [4.78, 5) is 23.3. The van der Waals surface area contributed by atoms with Gasteiger partial charge in [-0.2, -0.15) is 0 Å². The third-order valence-corrected chi connectivity index (χ3v) is 5.16. The number of amides is 2. The van der Waals surface area contributed by atoms with Crippen molar-refractivity contribution in [1.82, 2.24) is 10.3 Å². The van der Waals surface area contributed by atoms with Gasteiger partial charge in [-0.05, 0) is 29.8 Å². The monoisotopic (exact) mass is 429 g/mol. The number of methoxy groups -OCH3 is 1. The number of hydrogen-bond donors (Lipinski definition) is 1. The molecule has 1 atom stereocenters. The van der Waals surface area contributed by atoms with Crippen LogP contribution in [-0.4, -0.2) is 42.3 Å². The molecule has 0 aromatic heterocycles. The first-order valence-corrected chi connectivity index (χ1v) is 10.2. The number of rotatable bonds is 7. The Morgan fingerprint density at radius 2 is 1.67 bits per heavy atom. The van der Waals surface area contributed by atoms with Crippen molar-refractivity contribution in [2.75, 3.05) is 20.3 Å². The summed E-state index contributed by atoms with van der Waals surface area (Å²) in [5, 5.41) is 8.19. The largest absolute Gasteiger partial charge is 0.497 e. The lowest BCUT2D eigenvalue weighted by atomic mass is 10.2. The minimum absolute atomic E-state index is 0.217. The van der Waals surface area contributed by atoms with Gasteiger partial charge in [-0.15, -0.1) is 5.10 Å². The molecule has 0 radical (unpaired) electrons. The number of carbonyl (C=O) groups excluding carboxylic acids is 2. The molecule has 30 heavy (non-hydrogen) atoms. The van der Waals surface area contributed by atoms with Gasteiger partial charge in [0.15, 0.2) is 5.17 Å². The Balaban J connectivity index is 1.59. The lowest BCUT2D eigenvalue weighted by Gasteiger charge is -2.19. The maximum Gasteiger partial charge on any atom is 0.241 e. The molecule has 1 N–H and O–H groups in total. The minimum Gasteiger partial charge on any atom is -0.497 e. The molecule has 0 aliphatic carbocycles. The normalized spacial score (nSPS) is 15.4. The number of thioether (sulfide) groups is 1. The quantitative estimate of drug-likeness (QED) is 0.680. The predicted molar refractivity (Wildman–Crippen MR) is 115 cm³/mol. The molecule has 2 aromatic rings. The minimum atomic E-state index is -0.374. The highest BCUT2D eigenvalue weighted by Gasteiger charge is 2.32. The molecule has 0 saturated heterocycles. The van der Waals surface area contributed by atoms with Crippen molar-refractivity contribution in [3.05, 3.63) is 54.1 Å². The molecule has 0 bridgehead atoms. The SMILES string of the molecule is COc1cccc(OCCOc2cccc([C@H]3SC(NC(C)=O)=NN3C(C)=O)c2)c1. The van der Waals surface area contributed by atoms with Gasteiger partial charge in [-0.25, -0.2) is 5.01 Å². The Labute approximate surface area is 179 Å². The van der Waals surface area contributed by atoms with Gasteiger partial charge in [-0.1, -0.05) is 30.0 Å². The fourth-order valence-corrected chi connectivity index (χ4v) is 3.87. The number of hydrogen-bond acceptors (Lipinski definition) is 7. The zero-order valence-corrected chi connectivity index (χ0v) is 17.8. The molecule has 0 fully saturated rings. The molecule has 1 aliphatic rings. The van der Waals surface area contributed by atoms with Crippen LogP contribution in [-0.2, 0) is 9.59 Å². The Morgan fingerprint density at radius 1 is 1.03 bits per heavy atom. The van der Waals surface area contributed by atoms with E-state index in [4.69, 9.17) is 14.2 Å². The fourth-order valence-electron chi connectivity index (χ4n) is 2.75. The molecular formula is C21H23N3O5S. The van der Waals surface area contributed by atoms with Crippen LogP contribution in [0.3, 0.4) is 0 Å². The highest BCUT2D eigenvalue weighted by molar-refractivity contribution is 8.14. The van der Waals surface area contributed by atoms with Crippen LogP contribution in [0.1, 0.15) is 24.8 Å². The van der Waals surface area contributed by atoms with Gasteiger partial charge >= 0.3 is 0 Å². The average molecular weight is 429 g/mol. The molecule has 1 heterocycles. The van der Waals surface area contributed by atoms with Gasteiger partial charge in [0.25, 0.3) is 0 Å². The summed E-state index contributed by atoms with van der Waals surface area (Å²) in [6.07, 6.45) is 0. The topological polar surface area (TPSA) is 89.5 Å². The first-order chi connectivity index (χ1) is 14.5. The van der Waals surface area contributed by atoms with Crippen LogP contribution in [0.5, 0.6) is 17.2 Å². The summed E-state index contributed by atoms with van der Waals surface area (Å²) in [7, 11) is 1.61. The van der Waals surface area contributed by atoms with E-state index in [0.29, 0.717) is 29.9 Å². The number of ether oxygens (including phenoxy) is 3. The van der Waals surface area contributed by atoms with Crippen molar-refractivity contribution < 1.29 is 23.8 Å².